The summed E-state index contributed by atoms with van der Waals surface area (Å²) in [6.07, 6.45) is 0.788. The van der Waals surface area contributed by atoms with Crippen molar-refractivity contribution in [2.75, 3.05) is 20.3 Å². The second kappa shape index (κ2) is 6.00. The molecule has 1 saturated heterocycles. The van der Waals surface area contributed by atoms with Gasteiger partial charge in [-0.2, -0.15) is 5.26 Å². The fourth-order valence-corrected chi connectivity index (χ4v) is 2.16. The van der Waals surface area contributed by atoms with E-state index in [2.05, 4.69) is 12.2 Å². The van der Waals surface area contributed by atoms with Gasteiger partial charge in [0.25, 0.3) is 0 Å². The highest BCUT2D eigenvalue weighted by atomic mass is 19.1. The smallest absolute Gasteiger partial charge is 0.145 e. The lowest BCUT2D eigenvalue weighted by Crippen LogP contribution is -2.42. The molecule has 2 rings (SSSR count). The van der Waals surface area contributed by atoms with E-state index in [4.69, 9.17) is 14.7 Å². The summed E-state index contributed by atoms with van der Waals surface area (Å²) in [7, 11) is 1.42. The van der Waals surface area contributed by atoms with Gasteiger partial charge in [0.2, 0.25) is 0 Å². The molecule has 1 aromatic rings. The molecule has 2 atom stereocenters. The fourth-order valence-electron chi connectivity index (χ4n) is 2.16. The van der Waals surface area contributed by atoms with E-state index in [0.717, 1.165) is 6.42 Å². The highest BCUT2D eigenvalue weighted by Gasteiger charge is 2.23. The van der Waals surface area contributed by atoms with Crippen molar-refractivity contribution in [3.8, 4) is 11.8 Å². The first-order chi connectivity index (χ1) is 9.19. The highest BCUT2D eigenvalue weighted by molar-refractivity contribution is 5.47. The summed E-state index contributed by atoms with van der Waals surface area (Å²) in [5.74, 6) is -0.322. The molecule has 0 spiro atoms. The lowest BCUT2D eigenvalue weighted by molar-refractivity contribution is 0.00198. The molecule has 0 aromatic heterocycles. The highest BCUT2D eigenvalue weighted by Crippen LogP contribution is 2.29. The minimum absolute atomic E-state index is 0.0681. The maximum absolute atomic E-state index is 13.8. The number of ether oxygens (including phenoxy) is 2. The number of hydrogen-bond donors (Lipinski definition) is 1. The monoisotopic (exact) mass is 264 g/mol. The Morgan fingerprint density at radius 3 is 2.89 bits per heavy atom. The predicted octanol–water partition coefficient (Wildman–Crippen LogP) is 2.15. The van der Waals surface area contributed by atoms with Crippen LogP contribution in [0.3, 0.4) is 0 Å². The zero-order valence-corrected chi connectivity index (χ0v) is 11.1. The topological polar surface area (TPSA) is 54.3 Å². The van der Waals surface area contributed by atoms with Gasteiger partial charge in [-0.25, -0.2) is 4.39 Å². The molecule has 1 aromatic carbocycles. The number of methoxy groups -OCH3 is 1. The van der Waals surface area contributed by atoms with Crippen molar-refractivity contribution < 1.29 is 13.9 Å². The maximum atomic E-state index is 13.8. The van der Waals surface area contributed by atoms with Gasteiger partial charge in [-0.05, 0) is 24.1 Å². The quantitative estimate of drug-likeness (QED) is 0.908. The SMILES string of the molecule is CC[C@@H]1COC(c2cc(F)c(C#N)c(OC)c2)CN1. The minimum atomic E-state index is -0.571. The van der Waals surface area contributed by atoms with Gasteiger partial charge in [0.05, 0.1) is 19.8 Å². The molecule has 0 amide bonds. The summed E-state index contributed by atoms with van der Waals surface area (Å²) in [5, 5.41) is 12.2. The Kier molecular flexibility index (Phi) is 4.35. The molecular formula is C14H17FN2O2. The van der Waals surface area contributed by atoms with Gasteiger partial charge >= 0.3 is 0 Å². The third-order valence-corrected chi connectivity index (χ3v) is 3.36. The van der Waals surface area contributed by atoms with Crippen LogP contribution in [0.25, 0.3) is 0 Å². The molecule has 5 heteroatoms. The molecule has 1 fully saturated rings. The Morgan fingerprint density at radius 1 is 1.58 bits per heavy atom. The van der Waals surface area contributed by atoms with Gasteiger partial charge in [0.15, 0.2) is 0 Å². The van der Waals surface area contributed by atoms with Crippen molar-refractivity contribution in [2.24, 2.45) is 0 Å². The lowest BCUT2D eigenvalue weighted by atomic mass is 10.0. The van der Waals surface area contributed by atoms with Crippen LogP contribution in [0.2, 0.25) is 0 Å². The van der Waals surface area contributed by atoms with Gasteiger partial charge in [-0.3, -0.25) is 0 Å². The molecule has 1 aliphatic rings. The standard InChI is InChI=1S/C14H17FN2O2/c1-3-10-8-19-14(7-17-10)9-4-12(15)11(6-16)13(5-9)18-2/h4-5,10,14,17H,3,7-8H2,1-2H3/t10-,14?/m1/s1. The van der Waals surface area contributed by atoms with Crippen molar-refractivity contribution in [1.82, 2.24) is 5.32 Å². The van der Waals surface area contributed by atoms with Gasteiger partial charge < -0.3 is 14.8 Å². The molecule has 1 heterocycles. The van der Waals surface area contributed by atoms with E-state index in [0.29, 0.717) is 24.8 Å². The Hall–Kier alpha value is -1.64. The number of nitriles is 1. The average molecular weight is 264 g/mol. The number of morpholine rings is 1. The van der Waals surface area contributed by atoms with Crippen LogP contribution >= 0.6 is 0 Å². The molecular weight excluding hydrogens is 247 g/mol. The minimum Gasteiger partial charge on any atom is -0.495 e. The number of nitrogens with one attached hydrogen (secondary N) is 1. The Bertz CT molecular complexity index is 491. The largest absolute Gasteiger partial charge is 0.495 e. The first-order valence-electron chi connectivity index (χ1n) is 6.32. The Balaban J connectivity index is 2.22. The van der Waals surface area contributed by atoms with Crippen molar-refractivity contribution in [1.29, 1.82) is 5.26 Å². The normalized spacial score (nSPS) is 22.8. The van der Waals surface area contributed by atoms with E-state index in [9.17, 15) is 4.39 Å². The van der Waals surface area contributed by atoms with Gasteiger partial charge in [-0.15, -0.1) is 0 Å². The van der Waals surface area contributed by atoms with Gasteiger partial charge in [0.1, 0.15) is 23.2 Å². The van der Waals surface area contributed by atoms with Crippen molar-refractivity contribution >= 4 is 0 Å². The first-order valence-corrected chi connectivity index (χ1v) is 6.32. The van der Waals surface area contributed by atoms with Crippen LogP contribution in [0, 0.1) is 17.1 Å². The number of nitrogens with zero attached hydrogens (tertiary/aromatic N) is 1. The lowest BCUT2D eigenvalue weighted by Gasteiger charge is -2.30. The summed E-state index contributed by atoms with van der Waals surface area (Å²) < 4.78 is 24.6. The van der Waals surface area contributed by atoms with E-state index >= 15 is 0 Å². The molecule has 1 aliphatic heterocycles. The van der Waals surface area contributed by atoms with Crippen LogP contribution in [0.1, 0.15) is 30.6 Å². The van der Waals surface area contributed by atoms with Gasteiger partial charge in [0, 0.05) is 12.6 Å². The number of hydrogen-bond acceptors (Lipinski definition) is 4. The predicted molar refractivity (Wildman–Crippen MR) is 68.4 cm³/mol. The van der Waals surface area contributed by atoms with Crippen molar-refractivity contribution in [3.63, 3.8) is 0 Å². The van der Waals surface area contributed by atoms with Gasteiger partial charge in [-0.1, -0.05) is 6.92 Å². The summed E-state index contributed by atoms with van der Waals surface area (Å²) in [4.78, 5) is 0. The zero-order valence-electron chi connectivity index (χ0n) is 11.1. The fraction of sp³-hybridized carbons (Fsp3) is 0.500. The van der Waals surface area contributed by atoms with Crippen molar-refractivity contribution in [2.45, 2.75) is 25.5 Å². The Labute approximate surface area is 112 Å². The molecule has 19 heavy (non-hydrogen) atoms. The van der Waals surface area contributed by atoms with Crippen LogP contribution in [-0.2, 0) is 4.74 Å². The molecule has 0 saturated carbocycles. The van der Waals surface area contributed by atoms with Crippen LogP contribution < -0.4 is 10.1 Å². The third-order valence-electron chi connectivity index (χ3n) is 3.36. The number of halogens is 1. The molecule has 0 bridgehead atoms. The average Bonchev–Trinajstić information content (AvgIpc) is 2.46. The molecule has 1 unspecified atom stereocenters. The van der Waals surface area contributed by atoms with E-state index < -0.39 is 5.82 Å². The summed E-state index contributed by atoms with van der Waals surface area (Å²) >= 11 is 0. The molecule has 4 nitrogen and oxygen atoms in total. The van der Waals surface area contributed by atoms with Crippen LogP contribution in [-0.4, -0.2) is 26.3 Å². The first kappa shape index (κ1) is 13.8. The van der Waals surface area contributed by atoms with Crippen LogP contribution in [0.15, 0.2) is 12.1 Å². The molecule has 1 N–H and O–H groups in total. The summed E-state index contributed by atoms with van der Waals surface area (Å²) in [6.45, 7) is 3.32. The molecule has 102 valence electrons. The number of rotatable bonds is 3. The van der Waals surface area contributed by atoms with Crippen LogP contribution in [0.5, 0.6) is 5.75 Å². The second-order valence-electron chi connectivity index (χ2n) is 4.53. The summed E-state index contributed by atoms with van der Waals surface area (Å²) in [5.41, 5.74) is 0.622. The zero-order chi connectivity index (χ0) is 13.8. The summed E-state index contributed by atoms with van der Waals surface area (Å²) in [6, 6.07) is 5.17. The van der Waals surface area contributed by atoms with E-state index in [1.54, 1.807) is 12.1 Å². The second-order valence-corrected chi connectivity index (χ2v) is 4.53. The van der Waals surface area contributed by atoms with E-state index in [1.807, 2.05) is 0 Å². The molecule has 0 radical (unpaired) electrons. The third kappa shape index (κ3) is 2.86. The maximum Gasteiger partial charge on any atom is 0.145 e. The molecule has 0 aliphatic carbocycles. The van der Waals surface area contributed by atoms with Crippen molar-refractivity contribution in [3.05, 3.63) is 29.1 Å². The van der Waals surface area contributed by atoms with E-state index in [1.165, 1.54) is 13.2 Å². The Morgan fingerprint density at radius 2 is 2.37 bits per heavy atom. The van der Waals surface area contributed by atoms with E-state index in [-0.39, 0.29) is 17.4 Å². The van der Waals surface area contributed by atoms with Crippen LogP contribution in [0.4, 0.5) is 4.39 Å². The number of benzene rings is 1.